The molecule has 1 N–H and O–H groups in total. The van der Waals surface area contributed by atoms with Crippen molar-refractivity contribution in [1.29, 1.82) is 0 Å². The van der Waals surface area contributed by atoms with Gasteiger partial charge in [-0.15, -0.1) is 0 Å². The van der Waals surface area contributed by atoms with Gasteiger partial charge in [-0.1, -0.05) is 12.1 Å². The van der Waals surface area contributed by atoms with Crippen LogP contribution in [0.5, 0.6) is 0 Å². The van der Waals surface area contributed by atoms with Crippen LogP contribution in [0.4, 0.5) is 22.0 Å². The highest BCUT2D eigenvalue weighted by atomic mass is 32.2. The van der Waals surface area contributed by atoms with Crippen molar-refractivity contribution in [3.63, 3.8) is 0 Å². The minimum atomic E-state index is -4.05. The number of rotatable bonds is 4. The van der Waals surface area contributed by atoms with Gasteiger partial charge < -0.3 is 4.98 Å². The predicted octanol–water partition coefficient (Wildman–Crippen LogP) is 4.81. The van der Waals surface area contributed by atoms with Gasteiger partial charge in [-0.25, -0.2) is 35.4 Å². The van der Waals surface area contributed by atoms with Crippen molar-refractivity contribution >= 4 is 9.84 Å². The van der Waals surface area contributed by atoms with Crippen molar-refractivity contribution in [3.8, 4) is 22.5 Å². The molecule has 1 aromatic heterocycles. The van der Waals surface area contributed by atoms with Gasteiger partial charge in [0, 0.05) is 17.4 Å². The maximum absolute atomic E-state index is 14.5. The molecule has 3 rings (SSSR count). The molecule has 0 amide bonds. The summed E-state index contributed by atoms with van der Waals surface area (Å²) in [6.45, 7) is 1.50. The van der Waals surface area contributed by atoms with Crippen molar-refractivity contribution in [3.05, 3.63) is 59.2 Å². The van der Waals surface area contributed by atoms with E-state index >= 15 is 0 Å². The fourth-order valence-corrected chi connectivity index (χ4v) is 3.37. The van der Waals surface area contributed by atoms with Crippen molar-refractivity contribution in [1.82, 2.24) is 9.97 Å². The average Bonchev–Trinajstić information content (AvgIpc) is 3.03. The second kappa shape index (κ2) is 7.01. The van der Waals surface area contributed by atoms with Crippen molar-refractivity contribution in [2.45, 2.75) is 18.2 Å². The molecule has 0 saturated carbocycles. The second-order valence-corrected chi connectivity index (χ2v) is 8.13. The summed E-state index contributed by atoms with van der Waals surface area (Å²) in [4.78, 5) is 5.04. The molecule has 3 aromatic rings. The Labute approximate surface area is 157 Å². The van der Waals surface area contributed by atoms with E-state index in [9.17, 15) is 30.4 Å². The fraction of sp³-hybridized carbons (Fsp3) is 0.167. The number of hydrogen-bond acceptors (Lipinski definition) is 3. The zero-order chi connectivity index (χ0) is 20.8. The number of hydrogen-bond donors (Lipinski definition) is 1. The molecule has 28 heavy (non-hydrogen) atoms. The maximum atomic E-state index is 14.5. The number of H-pyrrole nitrogens is 1. The van der Waals surface area contributed by atoms with Crippen LogP contribution in [-0.4, -0.2) is 24.6 Å². The molecule has 10 heteroatoms. The number of benzene rings is 2. The minimum absolute atomic E-state index is 0.0875. The van der Waals surface area contributed by atoms with E-state index in [1.54, 1.807) is 0 Å². The number of nitrogens with one attached hydrogen (secondary N) is 1. The standard InChI is InChI=1S/C18H13F5N2O2S/c1-8-3-4-9(5-11(8)19)15-16(25-18(24-15)17(22)23)10-6-13(21)14(7-12(10)20)28(2,26)27/h3-7,17H,1-2H3,(H,24,25). The largest absolute Gasteiger partial charge is 0.337 e. The maximum Gasteiger partial charge on any atom is 0.295 e. The molecule has 4 nitrogen and oxygen atoms in total. The van der Waals surface area contributed by atoms with Crippen LogP contribution in [-0.2, 0) is 9.84 Å². The average molecular weight is 416 g/mol. The first kappa shape index (κ1) is 20.0. The summed E-state index contributed by atoms with van der Waals surface area (Å²) in [7, 11) is -4.05. The van der Waals surface area contributed by atoms with Gasteiger partial charge in [0.15, 0.2) is 15.7 Å². The summed E-state index contributed by atoms with van der Waals surface area (Å²) in [6.07, 6.45) is -2.35. The third-order valence-electron chi connectivity index (χ3n) is 4.07. The van der Waals surface area contributed by atoms with E-state index in [0.717, 1.165) is 6.07 Å². The minimum Gasteiger partial charge on any atom is -0.337 e. The van der Waals surface area contributed by atoms with Gasteiger partial charge in [0.05, 0.1) is 11.4 Å². The van der Waals surface area contributed by atoms with Gasteiger partial charge in [-0.3, -0.25) is 0 Å². The molecule has 0 unspecified atom stereocenters. The first-order valence-corrected chi connectivity index (χ1v) is 9.72. The van der Waals surface area contributed by atoms with Crippen molar-refractivity contribution < 1.29 is 30.4 Å². The number of alkyl halides is 2. The third kappa shape index (κ3) is 3.64. The number of aromatic nitrogens is 2. The lowest BCUT2D eigenvalue weighted by atomic mass is 10.0. The summed E-state index contributed by atoms with van der Waals surface area (Å²) >= 11 is 0. The molecule has 0 aliphatic heterocycles. The van der Waals surface area contributed by atoms with Gasteiger partial charge in [0.1, 0.15) is 22.3 Å². The molecule has 0 fully saturated rings. The van der Waals surface area contributed by atoms with Gasteiger partial charge in [0.25, 0.3) is 6.43 Å². The zero-order valence-electron chi connectivity index (χ0n) is 14.5. The van der Waals surface area contributed by atoms with Crippen LogP contribution in [0.1, 0.15) is 17.8 Å². The Kier molecular flexibility index (Phi) is 5.00. The van der Waals surface area contributed by atoms with Crippen LogP contribution in [0.3, 0.4) is 0 Å². The quantitative estimate of drug-likeness (QED) is 0.621. The van der Waals surface area contributed by atoms with E-state index < -0.39 is 55.7 Å². The molecule has 0 spiro atoms. The molecule has 148 valence electrons. The second-order valence-electron chi connectivity index (χ2n) is 6.14. The first-order valence-electron chi connectivity index (χ1n) is 7.83. The molecule has 0 radical (unpaired) electrons. The van der Waals surface area contributed by atoms with Crippen molar-refractivity contribution in [2.24, 2.45) is 0 Å². The number of nitrogens with zero attached hydrogens (tertiary/aromatic N) is 1. The zero-order valence-corrected chi connectivity index (χ0v) is 15.3. The number of halogens is 5. The third-order valence-corrected chi connectivity index (χ3v) is 5.18. The topological polar surface area (TPSA) is 62.8 Å². The molecule has 0 aliphatic carbocycles. The van der Waals surface area contributed by atoms with Crippen LogP contribution < -0.4 is 0 Å². The number of imidazole rings is 1. The monoisotopic (exact) mass is 416 g/mol. The normalized spacial score (nSPS) is 12.0. The highest BCUT2D eigenvalue weighted by Crippen LogP contribution is 2.36. The van der Waals surface area contributed by atoms with Crippen molar-refractivity contribution in [2.75, 3.05) is 6.26 Å². The first-order chi connectivity index (χ1) is 13.0. The van der Waals surface area contributed by atoms with Crippen LogP contribution in [0.25, 0.3) is 22.5 Å². The molecule has 0 aliphatic rings. The molecule has 1 heterocycles. The van der Waals surface area contributed by atoms with E-state index in [-0.39, 0.29) is 11.3 Å². The molecule has 0 atom stereocenters. The van der Waals surface area contributed by atoms with Crippen LogP contribution in [0.15, 0.2) is 35.2 Å². The van der Waals surface area contributed by atoms with E-state index in [1.807, 2.05) is 0 Å². The molecule has 0 bridgehead atoms. The Bertz CT molecular complexity index is 1170. The van der Waals surface area contributed by atoms with E-state index in [4.69, 9.17) is 0 Å². The highest BCUT2D eigenvalue weighted by molar-refractivity contribution is 7.90. The molecule has 2 aromatic carbocycles. The number of aryl methyl sites for hydroxylation is 1. The Morgan fingerprint density at radius 3 is 2.25 bits per heavy atom. The molecular weight excluding hydrogens is 403 g/mol. The number of aromatic amines is 1. The van der Waals surface area contributed by atoms with Crippen LogP contribution in [0, 0.1) is 24.4 Å². The smallest absolute Gasteiger partial charge is 0.295 e. The summed E-state index contributed by atoms with van der Waals surface area (Å²) in [5, 5.41) is 0. The number of sulfone groups is 1. The molecule has 0 saturated heterocycles. The highest BCUT2D eigenvalue weighted by Gasteiger charge is 2.25. The summed E-state index contributed by atoms with van der Waals surface area (Å²) in [5.41, 5.74) is -0.697. The summed E-state index contributed by atoms with van der Waals surface area (Å²) < 4.78 is 92.0. The predicted molar refractivity (Wildman–Crippen MR) is 92.1 cm³/mol. The Hall–Kier alpha value is -2.75. The lowest BCUT2D eigenvalue weighted by Gasteiger charge is -2.08. The van der Waals surface area contributed by atoms with Gasteiger partial charge >= 0.3 is 0 Å². The SMILES string of the molecule is Cc1ccc(-c2[nH]c(C(F)F)nc2-c2cc(F)c(S(C)(=O)=O)cc2F)cc1F. The van der Waals surface area contributed by atoms with E-state index in [0.29, 0.717) is 24.0 Å². The van der Waals surface area contributed by atoms with Crippen LogP contribution >= 0.6 is 0 Å². The van der Waals surface area contributed by atoms with E-state index in [1.165, 1.54) is 19.1 Å². The Morgan fingerprint density at radius 2 is 1.68 bits per heavy atom. The van der Waals surface area contributed by atoms with Gasteiger partial charge in [-0.2, -0.15) is 0 Å². The Balaban J connectivity index is 2.27. The lowest BCUT2D eigenvalue weighted by molar-refractivity contribution is 0.141. The van der Waals surface area contributed by atoms with E-state index in [2.05, 4.69) is 9.97 Å². The summed E-state index contributed by atoms with van der Waals surface area (Å²) in [5.74, 6) is -3.89. The molecular formula is C18H13F5N2O2S. The fourth-order valence-electron chi connectivity index (χ4n) is 2.64. The van der Waals surface area contributed by atoms with Gasteiger partial charge in [-0.05, 0) is 30.7 Å². The Morgan fingerprint density at radius 1 is 1.00 bits per heavy atom. The van der Waals surface area contributed by atoms with Gasteiger partial charge in [0.2, 0.25) is 0 Å². The van der Waals surface area contributed by atoms with Crippen LogP contribution in [0.2, 0.25) is 0 Å². The lowest BCUT2D eigenvalue weighted by Crippen LogP contribution is -2.03. The summed E-state index contributed by atoms with van der Waals surface area (Å²) in [6, 6.07) is 4.85.